The third-order valence-corrected chi connectivity index (χ3v) is 4.73. The summed E-state index contributed by atoms with van der Waals surface area (Å²) in [5, 5.41) is 7.84. The first-order valence-electron chi connectivity index (χ1n) is 10.0. The molecule has 0 aliphatic rings. The van der Waals surface area contributed by atoms with E-state index in [9.17, 15) is 4.79 Å². The van der Waals surface area contributed by atoms with E-state index in [0.717, 1.165) is 10.9 Å². The smallest absolute Gasteiger partial charge is 0.228 e. The molecule has 1 N–H and O–H groups in total. The minimum absolute atomic E-state index is 0.121. The first-order chi connectivity index (χ1) is 15.6. The lowest BCUT2D eigenvalue weighted by atomic mass is 10.1. The highest BCUT2D eigenvalue weighted by atomic mass is 16.5. The quantitative estimate of drug-likeness (QED) is 0.431. The van der Waals surface area contributed by atoms with Crippen LogP contribution >= 0.6 is 0 Å². The Morgan fingerprint density at radius 3 is 2.72 bits per heavy atom. The van der Waals surface area contributed by atoms with Crippen LogP contribution in [0.2, 0.25) is 0 Å². The van der Waals surface area contributed by atoms with Crippen molar-refractivity contribution < 1.29 is 19.0 Å². The maximum atomic E-state index is 12.4. The van der Waals surface area contributed by atoms with E-state index in [1.54, 1.807) is 55.8 Å². The van der Waals surface area contributed by atoms with E-state index >= 15 is 0 Å². The number of rotatable bonds is 9. The van der Waals surface area contributed by atoms with Crippen LogP contribution in [0, 0.1) is 0 Å². The second-order valence-electron chi connectivity index (χ2n) is 7.01. The first kappa shape index (κ1) is 21.3. The van der Waals surface area contributed by atoms with Crippen LogP contribution in [0.5, 0.6) is 17.4 Å². The molecule has 0 saturated carbocycles. The summed E-state index contributed by atoms with van der Waals surface area (Å²) in [5.41, 5.74) is 2.23. The predicted molar refractivity (Wildman–Crippen MR) is 119 cm³/mol. The predicted octanol–water partition coefficient (Wildman–Crippen LogP) is 3.45. The van der Waals surface area contributed by atoms with Gasteiger partial charge in [0.1, 0.15) is 11.5 Å². The number of aromatic nitrogens is 4. The van der Waals surface area contributed by atoms with Gasteiger partial charge in [0.15, 0.2) is 0 Å². The van der Waals surface area contributed by atoms with Gasteiger partial charge in [-0.25, -0.2) is 4.98 Å². The van der Waals surface area contributed by atoms with E-state index in [0.29, 0.717) is 41.7 Å². The summed E-state index contributed by atoms with van der Waals surface area (Å²) >= 11 is 0. The highest BCUT2D eigenvalue weighted by molar-refractivity contribution is 5.92. The molecule has 0 aliphatic carbocycles. The van der Waals surface area contributed by atoms with Crippen LogP contribution in [-0.2, 0) is 22.5 Å². The van der Waals surface area contributed by atoms with Gasteiger partial charge >= 0.3 is 0 Å². The zero-order chi connectivity index (χ0) is 22.3. The Bertz CT molecular complexity index is 1210. The molecule has 1 amide bonds. The van der Waals surface area contributed by atoms with Gasteiger partial charge in [0.05, 0.1) is 50.3 Å². The van der Waals surface area contributed by atoms with Crippen LogP contribution in [0.15, 0.2) is 61.2 Å². The van der Waals surface area contributed by atoms with Crippen LogP contribution in [0.4, 0.5) is 5.69 Å². The van der Waals surface area contributed by atoms with Crippen molar-refractivity contribution in [1.29, 1.82) is 0 Å². The Labute approximate surface area is 185 Å². The molecule has 0 saturated heterocycles. The molecule has 3 heterocycles. The fourth-order valence-corrected chi connectivity index (χ4v) is 3.13. The fraction of sp³-hybridized carbons (Fsp3) is 0.217. The van der Waals surface area contributed by atoms with Crippen LogP contribution in [0.3, 0.4) is 0 Å². The van der Waals surface area contributed by atoms with Crippen LogP contribution in [0.25, 0.3) is 10.9 Å². The number of nitrogens with zero attached hydrogens (tertiary/aromatic N) is 4. The van der Waals surface area contributed by atoms with Crippen LogP contribution < -0.4 is 14.8 Å². The average molecular weight is 433 g/mol. The van der Waals surface area contributed by atoms with Gasteiger partial charge in [-0.05, 0) is 23.8 Å². The molecule has 9 nitrogen and oxygen atoms in total. The molecule has 4 aromatic rings. The number of benzene rings is 1. The normalized spacial score (nSPS) is 10.8. The van der Waals surface area contributed by atoms with Crippen molar-refractivity contribution >= 4 is 22.5 Å². The molecule has 4 rings (SSSR count). The van der Waals surface area contributed by atoms with Crippen LogP contribution in [-0.4, -0.2) is 46.5 Å². The SMILES string of the molecule is COCCn1cc(NC(=O)Cc2ccc(Oc3ccnc4cnc(OC)cc34)cc2)cn1. The van der Waals surface area contributed by atoms with E-state index < -0.39 is 0 Å². The van der Waals surface area contributed by atoms with Gasteiger partial charge in [0.25, 0.3) is 0 Å². The second kappa shape index (κ2) is 9.88. The number of carbonyl (C=O) groups is 1. The third kappa shape index (κ3) is 5.19. The maximum Gasteiger partial charge on any atom is 0.228 e. The molecule has 0 bridgehead atoms. The van der Waals surface area contributed by atoms with Crippen molar-refractivity contribution in [3.63, 3.8) is 0 Å². The number of amides is 1. The van der Waals surface area contributed by atoms with Gasteiger partial charge in [-0.2, -0.15) is 5.10 Å². The van der Waals surface area contributed by atoms with Gasteiger partial charge in [-0.1, -0.05) is 12.1 Å². The summed E-state index contributed by atoms with van der Waals surface area (Å²) in [6.07, 6.45) is 6.95. The molecule has 0 atom stereocenters. The zero-order valence-corrected chi connectivity index (χ0v) is 17.8. The zero-order valence-electron chi connectivity index (χ0n) is 17.8. The minimum atomic E-state index is -0.121. The number of anilines is 1. The second-order valence-corrected chi connectivity index (χ2v) is 7.01. The topological polar surface area (TPSA) is 100 Å². The monoisotopic (exact) mass is 433 g/mol. The number of hydrogen-bond donors (Lipinski definition) is 1. The molecule has 0 fully saturated rings. The Morgan fingerprint density at radius 1 is 1.09 bits per heavy atom. The highest BCUT2D eigenvalue weighted by Gasteiger charge is 2.09. The molecule has 3 aromatic heterocycles. The van der Waals surface area contributed by atoms with Crippen molar-refractivity contribution in [3.05, 3.63) is 66.7 Å². The third-order valence-electron chi connectivity index (χ3n) is 4.73. The molecule has 32 heavy (non-hydrogen) atoms. The molecule has 9 heteroatoms. The molecule has 164 valence electrons. The Morgan fingerprint density at radius 2 is 1.94 bits per heavy atom. The lowest BCUT2D eigenvalue weighted by Gasteiger charge is -2.10. The average Bonchev–Trinajstić information content (AvgIpc) is 3.25. The van der Waals surface area contributed by atoms with E-state index in [1.165, 1.54) is 0 Å². The number of hydrogen-bond acceptors (Lipinski definition) is 7. The number of fused-ring (bicyclic) bond motifs is 1. The van der Waals surface area contributed by atoms with Crippen molar-refractivity contribution in [3.8, 4) is 17.4 Å². The number of ether oxygens (including phenoxy) is 3. The molecule has 0 unspecified atom stereocenters. The molecular formula is C23H23N5O4. The summed E-state index contributed by atoms with van der Waals surface area (Å²) in [6.45, 7) is 1.19. The molecule has 1 aromatic carbocycles. The Hall–Kier alpha value is -3.98. The number of pyridine rings is 2. The van der Waals surface area contributed by atoms with Gasteiger partial charge in [0.2, 0.25) is 11.8 Å². The summed E-state index contributed by atoms with van der Waals surface area (Å²) in [6, 6.07) is 11.0. The fourth-order valence-electron chi connectivity index (χ4n) is 3.13. The molecular weight excluding hydrogens is 410 g/mol. The lowest BCUT2D eigenvalue weighted by molar-refractivity contribution is -0.115. The van der Waals surface area contributed by atoms with E-state index in [4.69, 9.17) is 14.2 Å². The minimum Gasteiger partial charge on any atom is -0.481 e. The number of carbonyl (C=O) groups excluding carboxylic acids is 1. The Balaban J connectivity index is 1.39. The first-order valence-corrected chi connectivity index (χ1v) is 10.0. The van der Waals surface area contributed by atoms with Gasteiger partial charge in [0, 0.05) is 31.0 Å². The summed E-state index contributed by atoms with van der Waals surface area (Å²) < 4.78 is 18.0. The highest BCUT2D eigenvalue weighted by Crippen LogP contribution is 2.30. The van der Waals surface area contributed by atoms with Gasteiger partial charge in [-0.3, -0.25) is 14.5 Å². The van der Waals surface area contributed by atoms with E-state index in [-0.39, 0.29) is 12.3 Å². The Kier molecular flexibility index (Phi) is 6.57. The van der Waals surface area contributed by atoms with Gasteiger partial charge in [-0.15, -0.1) is 0 Å². The molecule has 0 aliphatic heterocycles. The van der Waals surface area contributed by atoms with Crippen molar-refractivity contribution in [2.75, 3.05) is 26.1 Å². The summed E-state index contributed by atoms with van der Waals surface area (Å²) in [7, 11) is 3.20. The van der Waals surface area contributed by atoms with Crippen LogP contribution in [0.1, 0.15) is 5.56 Å². The maximum absolute atomic E-state index is 12.4. The number of methoxy groups -OCH3 is 2. The van der Waals surface area contributed by atoms with Crippen molar-refractivity contribution in [1.82, 2.24) is 19.7 Å². The summed E-state index contributed by atoms with van der Waals surface area (Å²) in [5.74, 6) is 1.66. The molecule has 0 spiro atoms. The standard InChI is InChI=1S/C23H23N5O4/c1-30-10-9-28-15-17(13-26-28)27-22(29)11-16-3-5-18(6-4-16)32-21-7-8-24-20-14-25-23(31-2)12-19(20)21/h3-8,12-15H,9-11H2,1-2H3,(H,27,29). The summed E-state index contributed by atoms with van der Waals surface area (Å²) in [4.78, 5) is 20.8. The van der Waals surface area contributed by atoms with Crippen molar-refractivity contribution in [2.45, 2.75) is 13.0 Å². The lowest BCUT2D eigenvalue weighted by Crippen LogP contribution is -2.14. The number of nitrogens with one attached hydrogen (secondary N) is 1. The van der Waals surface area contributed by atoms with Crippen molar-refractivity contribution in [2.24, 2.45) is 0 Å². The largest absolute Gasteiger partial charge is 0.481 e. The van der Waals surface area contributed by atoms with E-state index in [1.807, 2.05) is 24.3 Å². The van der Waals surface area contributed by atoms with E-state index in [2.05, 4.69) is 20.4 Å². The molecule has 0 radical (unpaired) electrons. The van der Waals surface area contributed by atoms with Gasteiger partial charge < -0.3 is 19.5 Å².